The van der Waals surface area contributed by atoms with Crippen molar-refractivity contribution in [1.82, 2.24) is 15.1 Å². The first-order valence-corrected chi connectivity index (χ1v) is 9.26. The molecule has 1 aliphatic heterocycles. The van der Waals surface area contributed by atoms with Gasteiger partial charge in [0.15, 0.2) is 0 Å². The molecule has 7 heteroatoms. The molecule has 0 aliphatic carbocycles. The number of nitrogens with zero attached hydrogens (tertiary/aromatic N) is 2. The number of rotatable bonds is 7. The van der Waals surface area contributed by atoms with Crippen molar-refractivity contribution in [2.24, 2.45) is 0 Å². The molecule has 0 radical (unpaired) electrons. The van der Waals surface area contributed by atoms with Gasteiger partial charge in [0, 0.05) is 30.6 Å². The molecule has 0 fully saturated rings. The molecular weight excluding hydrogens is 356 g/mol. The zero-order valence-corrected chi connectivity index (χ0v) is 15.4. The Bertz CT molecular complexity index is 902. The van der Waals surface area contributed by atoms with Crippen LogP contribution in [-0.4, -0.2) is 35.1 Å². The highest BCUT2D eigenvalue weighted by Gasteiger charge is 2.22. The van der Waals surface area contributed by atoms with E-state index in [1.165, 1.54) is 5.56 Å². The Morgan fingerprint density at radius 2 is 2.14 bits per heavy atom. The van der Waals surface area contributed by atoms with Crippen molar-refractivity contribution in [1.29, 1.82) is 0 Å². The SMILES string of the molecule is O=C(NC[C@H]1Cc2ccccc2O1)Nc1cccc(OCCn2cccn2)c1. The Hall–Kier alpha value is -3.48. The van der Waals surface area contributed by atoms with E-state index in [-0.39, 0.29) is 12.1 Å². The maximum atomic E-state index is 12.2. The van der Waals surface area contributed by atoms with Crippen molar-refractivity contribution in [2.45, 2.75) is 19.1 Å². The minimum atomic E-state index is -0.270. The van der Waals surface area contributed by atoms with E-state index >= 15 is 0 Å². The normalized spacial score (nSPS) is 14.8. The van der Waals surface area contributed by atoms with Gasteiger partial charge >= 0.3 is 6.03 Å². The highest BCUT2D eigenvalue weighted by molar-refractivity contribution is 5.89. The van der Waals surface area contributed by atoms with E-state index in [1.54, 1.807) is 16.9 Å². The Morgan fingerprint density at radius 1 is 1.21 bits per heavy atom. The summed E-state index contributed by atoms with van der Waals surface area (Å²) in [5, 5.41) is 9.82. The number of carbonyl (C=O) groups excluding carboxylic acids is 1. The zero-order valence-electron chi connectivity index (χ0n) is 15.4. The molecule has 1 aromatic heterocycles. The van der Waals surface area contributed by atoms with Crippen LogP contribution in [0.15, 0.2) is 67.0 Å². The fourth-order valence-corrected chi connectivity index (χ4v) is 3.10. The molecule has 2 heterocycles. The molecule has 4 rings (SSSR count). The van der Waals surface area contributed by atoms with Crippen molar-refractivity contribution in [3.63, 3.8) is 0 Å². The van der Waals surface area contributed by atoms with Crippen LogP contribution in [-0.2, 0) is 13.0 Å². The number of aromatic nitrogens is 2. The summed E-state index contributed by atoms with van der Waals surface area (Å²) in [6.07, 6.45) is 4.38. The molecular formula is C21H22N4O3. The smallest absolute Gasteiger partial charge is 0.319 e. The quantitative estimate of drug-likeness (QED) is 0.662. The van der Waals surface area contributed by atoms with Crippen molar-refractivity contribution in [3.05, 3.63) is 72.6 Å². The molecule has 7 nitrogen and oxygen atoms in total. The largest absolute Gasteiger partial charge is 0.492 e. The van der Waals surface area contributed by atoms with Gasteiger partial charge in [0.25, 0.3) is 0 Å². The number of benzene rings is 2. The Balaban J connectivity index is 1.22. The Labute approximate surface area is 163 Å². The average Bonchev–Trinajstić information content (AvgIpc) is 3.36. The molecule has 0 saturated carbocycles. The maximum absolute atomic E-state index is 12.2. The molecule has 0 bridgehead atoms. The van der Waals surface area contributed by atoms with Crippen LogP contribution < -0.4 is 20.1 Å². The monoisotopic (exact) mass is 378 g/mol. The van der Waals surface area contributed by atoms with Crippen molar-refractivity contribution >= 4 is 11.7 Å². The van der Waals surface area contributed by atoms with Crippen LogP contribution in [0.1, 0.15) is 5.56 Å². The summed E-state index contributed by atoms with van der Waals surface area (Å²) >= 11 is 0. The molecule has 0 saturated heterocycles. The molecule has 1 aliphatic rings. The van der Waals surface area contributed by atoms with Crippen LogP contribution in [0.25, 0.3) is 0 Å². The Morgan fingerprint density at radius 3 is 3.00 bits per heavy atom. The number of ether oxygens (including phenoxy) is 2. The second-order valence-electron chi connectivity index (χ2n) is 6.53. The number of fused-ring (bicyclic) bond motifs is 1. The van der Waals surface area contributed by atoms with E-state index in [1.807, 2.05) is 54.7 Å². The number of nitrogens with one attached hydrogen (secondary N) is 2. The predicted octanol–water partition coefficient (Wildman–Crippen LogP) is 3.09. The van der Waals surface area contributed by atoms with E-state index in [0.29, 0.717) is 31.1 Å². The minimum absolute atomic E-state index is 0.0416. The van der Waals surface area contributed by atoms with Crippen molar-refractivity contribution in [2.75, 3.05) is 18.5 Å². The Kier molecular flexibility index (Phi) is 5.42. The van der Waals surface area contributed by atoms with E-state index in [9.17, 15) is 4.79 Å². The first kappa shape index (κ1) is 17.9. The minimum Gasteiger partial charge on any atom is -0.492 e. The maximum Gasteiger partial charge on any atom is 0.319 e. The zero-order chi connectivity index (χ0) is 19.2. The lowest BCUT2D eigenvalue weighted by atomic mass is 10.1. The number of amides is 2. The van der Waals surface area contributed by atoms with Gasteiger partial charge in [-0.25, -0.2) is 4.79 Å². The molecule has 0 unspecified atom stereocenters. The van der Waals surface area contributed by atoms with Gasteiger partial charge in [0.05, 0.1) is 13.1 Å². The number of anilines is 1. The first-order chi connectivity index (χ1) is 13.8. The summed E-state index contributed by atoms with van der Waals surface area (Å²) in [6, 6.07) is 16.9. The average molecular weight is 378 g/mol. The molecule has 28 heavy (non-hydrogen) atoms. The summed E-state index contributed by atoms with van der Waals surface area (Å²) in [5.41, 5.74) is 1.85. The van der Waals surface area contributed by atoms with Crippen LogP contribution in [0.3, 0.4) is 0 Å². The number of urea groups is 1. The summed E-state index contributed by atoms with van der Waals surface area (Å²) < 4.78 is 13.4. The second-order valence-corrected chi connectivity index (χ2v) is 6.53. The second kappa shape index (κ2) is 8.47. The van der Waals surface area contributed by atoms with Gasteiger partial charge in [0.2, 0.25) is 0 Å². The first-order valence-electron chi connectivity index (χ1n) is 9.26. The topological polar surface area (TPSA) is 77.4 Å². The van der Waals surface area contributed by atoms with Crippen LogP contribution >= 0.6 is 0 Å². The third kappa shape index (κ3) is 4.62. The summed E-state index contributed by atoms with van der Waals surface area (Å²) in [7, 11) is 0. The van der Waals surface area contributed by atoms with E-state index in [2.05, 4.69) is 15.7 Å². The van der Waals surface area contributed by atoms with Gasteiger partial charge in [-0.15, -0.1) is 0 Å². The lowest BCUT2D eigenvalue weighted by molar-refractivity contribution is 0.219. The fraction of sp³-hybridized carbons (Fsp3) is 0.238. The number of para-hydroxylation sites is 1. The van der Waals surface area contributed by atoms with Crippen LogP contribution in [0.2, 0.25) is 0 Å². The molecule has 144 valence electrons. The summed E-state index contributed by atoms with van der Waals surface area (Å²) in [5.74, 6) is 1.59. The highest BCUT2D eigenvalue weighted by atomic mass is 16.5. The molecule has 2 amide bonds. The number of carbonyl (C=O) groups is 1. The van der Waals surface area contributed by atoms with E-state index in [4.69, 9.17) is 9.47 Å². The fourth-order valence-electron chi connectivity index (χ4n) is 3.10. The molecule has 0 spiro atoms. The van der Waals surface area contributed by atoms with E-state index < -0.39 is 0 Å². The van der Waals surface area contributed by atoms with Gasteiger partial charge in [-0.1, -0.05) is 24.3 Å². The lowest BCUT2D eigenvalue weighted by Gasteiger charge is -2.13. The van der Waals surface area contributed by atoms with Gasteiger partial charge in [0.1, 0.15) is 24.2 Å². The summed E-state index contributed by atoms with van der Waals surface area (Å²) in [4.78, 5) is 12.2. The number of hydrogen-bond donors (Lipinski definition) is 2. The molecule has 1 atom stereocenters. The number of hydrogen-bond acceptors (Lipinski definition) is 4. The van der Waals surface area contributed by atoms with E-state index in [0.717, 1.165) is 12.2 Å². The van der Waals surface area contributed by atoms with Crippen molar-refractivity contribution < 1.29 is 14.3 Å². The standard InChI is InChI=1S/C21H22N4O3/c26-21(22-15-19-13-16-5-1-2-8-20(16)28-19)24-17-6-3-7-18(14-17)27-12-11-25-10-4-9-23-25/h1-10,14,19H,11-13,15H2,(H2,22,24,26)/t19-/m1/s1. The highest BCUT2D eigenvalue weighted by Crippen LogP contribution is 2.27. The van der Waals surface area contributed by atoms with Gasteiger partial charge < -0.3 is 20.1 Å². The lowest BCUT2D eigenvalue weighted by Crippen LogP contribution is -2.37. The van der Waals surface area contributed by atoms with Gasteiger partial charge in [-0.3, -0.25) is 4.68 Å². The van der Waals surface area contributed by atoms with Crippen LogP contribution in [0, 0.1) is 0 Å². The van der Waals surface area contributed by atoms with Crippen molar-refractivity contribution in [3.8, 4) is 11.5 Å². The van der Waals surface area contributed by atoms with Gasteiger partial charge in [-0.2, -0.15) is 5.10 Å². The third-order valence-electron chi connectivity index (χ3n) is 4.44. The predicted molar refractivity (Wildman–Crippen MR) is 106 cm³/mol. The molecule has 2 N–H and O–H groups in total. The van der Waals surface area contributed by atoms with Crippen LogP contribution in [0.4, 0.5) is 10.5 Å². The van der Waals surface area contributed by atoms with Crippen LogP contribution in [0.5, 0.6) is 11.5 Å². The molecule has 2 aromatic carbocycles. The van der Waals surface area contributed by atoms with Gasteiger partial charge in [-0.05, 0) is 29.8 Å². The molecule has 3 aromatic rings. The third-order valence-corrected chi connectivity index (χ3v) is 4.44. The summed E-state index contributed by atoms with van der Waals surface area (Å²) in [6.45, 7) is 1.60.